The molecule has 110 valence electrons. The molecule has 1 rings (SSSR count). The second-order valence-corrected chi connectivity index (χ2v) is 6.38. The predicted molar refractivity (Wildman–Crippen MR) is 81.2 cm³/mol. The van der Waals surface area contributed by atoms with Crippen LogP contribution in [0.15, 0.2) is 24.3 Å². The Hall–Kier alpha value is -1.67. The Morgan fingerprint density at radius 3 is 2.35 bits per heavy atom. The highest BCUT2D eigenvalue weighted by molar-refractivity contribution is 7.93. The van der Waals surface area contributed by atoms with Gasteiger partial charge in [0, 0.05) is 12.6 Å². The van der Waals surface area contributed by atoms with E-state index >= 15 is 0 Å². The highest BCUT2D eigenvalue weighted by atomic mass is 32.2. The lowest BCUT2D eigenvalue weighted by atomic mass is 10.2. The van der Waals surface area contributed by atoms with E-state index in [-0.39, 0.29) is 11.6 Å². The van der Waals surface area contributed by atoms with E-state index in [1.807, 2.05) is 0 Å². The lowest BCUT2D eigenvalue weighted by molar-refractivity contribution is -0.139. The summed E-state index contributed by atoms with van der Waals surface area (Å²) < 4.78 is 29.7. The molecular weight excluding hydrogens is 300 g/mol. The molecule has 1 aromatic rings. The summed E-state index contributed by atoms with van der Waals surface area (Å²) in [5, 5.41) is 0. The summed E-state index contributed by atoms with van der Waals surface area (Å²) in [6.07, 6.45) is 0. The zero-order valence-electron chi connectivity index (χ0n) is 11.2. The molecule has 0 spiro atoms. The Morgan fingerprint density at radius 2 is 1.90 bits per heavy atom. The van der Waals surface area contributed by atoms with E-state index in [4.69, 9.17) is 18.0 Å². The summed E-state index contributed by atoms with van der Waals surface area (Å²) >= 11 is 4.82. The third kappa shape index (κ3) is 4.17. The van der Waals surface area contributed by atoms with Gasteiger partial charge in [-0.05, 0) is 31.2 Å². The van der Waals surface area contributed by atoms with Crippen molar-refractivity contribution in [3.8, 4) is 0 Å². The molecule has 0 fully saturated rings. The van der Waals surface area contributed by atoms with Gasteiger partial charge >= 0.3 is 5.97 Å². The van der Waals surface area contributed by atoms with Crippen LogP contribution in [0.2, 0.25) is 0 Å². The van der Waals surface area contributed by atoms with Crippen molar-refractivity contribution in [2.75, 3.05) is 23.7 Å². The zero-order chi connectivity index (χ0) is 15.3. The highest BCUT2D eigenvalue weighted by Crippen LogP contribution is 2.17. The average molecular weight is 316 g/mol. The fraction of sp³-hybridized carbons (Fsp3) is 0.333. The van der Waals surface area contributed by atoms with Crippen molar-refractivity contribution in [3.63, 3.8) is 0 Å². The van der Waals surface area contributed by atoms with Crippen LogP contribution in [-0.2, 0) is 19.6 Å². The summed E-state index contributed by atoms with van der Waals surface area (Å²) in [5.74, 6) is -1.48. The second kappa shape index (κ2) is 6.67. The van der Waals surface area contributed by atoms with Crippen molar-refractivity contribution < 1.29 is 17.9 Å². The number of carbonyl (C=O) groups is 1. The summed E-state index contributed by atoms with van der Waals surface area (Å²) in [4.78, 5) is 11.5. The Morgan fingerprint density at radius 1 is 1.35 bits per heavy atom. The van der Waals surface area contributed by atoms with E-state index in [1.54, 1.807) is 31.2 Å². The Balaban J connectivity index is 2.90. The standard InChI is InChI=1S/C12H16N2O4S2/c1-3-18-11(15)8-20(16,17)14(2)10-6-4-9(5-7-10)12(13)19/h4-7H,3,8H2,1-2H3,(H2,13,19). The van der Waals surface area contributed by atoms with Crippen molar-refractivity contribution >= 4 is 38.9 Å². The van der Waals surface area contributed by atoms with E-state index in [1.165, 1.54) is 7.05 Å². The molecular formula is C12H16N2O4S2. The Labute approximate surface area is 123 Å². The van der Waals surface area contributed by atoms with Crippen LogP contribution in [0, 0.1) is 0 Å². The number of hydrogen-bond acceptors (Lipinski definition) is 5. The first-order valence-corrected chi connectivity index (χ1v) is 7.81. The maximum Gasteiger partial charge on any atom is 0.323 e. The number of nitrogens with zero attached hydrogens (tertiary/aromatic N) is 1. The third-order valence-electron chi connectivity index (χ3n) is 2.54. The first kappa shape index (κ1) is 16.4. The van der Waals surface area contributed by atoms with E-state index in [2.05, 4.69) is 4.74 Å². The van der Waals surface area contributed by atoms with Gasteiger partial charge in [0.2, 0.25) is 10.0 Å². The van der Waals surface area contributed by atoms with Gasteiger partial charge in [0.05, 0.1) is 12.3 Å². The summed E-state index contributed by atoms with van der Waals surface area (Å²) in [6.45, 7) is 1.75. The number of anilines is 1. The molecule has 8 heteroatoms. The van der Waals surface area contributed by atoms with Crippen LogP contribution in [0.3, 0.4) is 0 Å². The molecule has 0 aliphatic rings. The molecule has 0 aliphatic heterocycles. The second-order valence-electron chi connectivity index (χ2n) is 3.94. The first-order chi connectivity index (χ1) is 9.27. The molecule has 6 nitrogen and oxygen atoms in total. The van der Waals surface area contributed by atoms with Crippen LogP contribution >= 0.6 is 12.2 Å². The number of thiocarbonyl (C=S) groups is 1. The number of rotatable bonds is 6. The number of nitrogens with two attached hydrogens (primary N) is 1. The van der Waals surface area contributed by atoms with Gasteiger partial charge in [-0.25, -0.2) is 8.42 Å². The normalized spacial score (nSPS) is 10.9. The number of sulfonamides is 1. The minimum atomic E-state index is -3.77. The van der Waals surface area contributed by atoms with E-state index in [0.29, 0.717) is 11.3 Å². The van der Waals surface area contributed by atoms with E-state index in [0.717, 1.165) is 4.31 Å². The van der Waals surface area contributed by atoms with Crippen LogP contribution in [0.1, 0.15) is 12.5 Å². The lowest BCUT2D eigenvalue weighted by Crippen LogP contribution is -2.33. The summed E-state index contributed by atoms with van der Waals surface area (Å²) in [7, 11) is -2.41. The maximum atomic E-state index is 12.0. The molecule has 0 unspecified atom stereocenters. The number of esters is 1. The van der Waals surface area contributed by atoms with Crippen molar-refractivity contribution in [3.05, 3.63) is 29.8 Å². The SMILES string of the molecule is CCOC(=O)CS(=O)(=O)N(C)c1ccc(C(N)=S)cc1. The van der Waals surface area contributed by atoms with Gasteiger partial charge in [-0.1, -0.05) is 12.2 Å². The fourth-order valence-corrected chi connectivity index (χ4v) is 2.60. The predicted octanol–water partition coefficient (Wildman–Crippen LogP) is 0.650. The zero-order valence-corrected chi connectivity index (χ0v) is 12.8. The van der Waals surface area contributed by atoms with E-state index < -0.39 is 21.7 Å². The van der Waals surface area contributed by atoms with Crippen molar-refractivity contribution in [2.24, 2.45) is 5.73 Å². The minimum absolute atomic E-state index is 0.140. The molecule has 0 aliphatic carbocycles. The van der Waals surface area contributed by atoms with Crippen LogP contribution < -0.4 is 10.0 Å². The van der Waals surface area contributed by atoms with Crippen LogP contribution in [0.5, 0.6) is 0 Å². The van der Waals surface area contributed by atoms with Crippen LogP contribution in [-0.4, -0.2) is 38.8 Å². The molecule has 0 bridgehead atoms. The van der Waals surface area contributed by atoms with Gasteiger partial charge in [0.1, 0.15) is 4.99 Å². The van der Waals surface area contributed by atoms with Gasteiger partial charge in [-0.15, -0.1) is 0 Å². The molecule has 0 atom stereocenters. The molecule has 0 radical (unpaired) electrons. The summed E-state index contributed by atoms with van der Waals surface area (Å²) in [6, 6.07) is 6.37. The monoisotopic (exact) mass is 316 g/mol. The smallest absolute Gasteiger partial charge is 0.323 e. The summed E-state index contributed by atoms with van der Waals surface area (Å²) in [5.41, 5.74) is 6.51. The molecule has 0 saturated heterocycles. The number of hydrogen-bond donors (Lipinski definition) is 1. The molecule has 0 saturated carbocycles. The van der Waals surface area contributed by atoms with Gasteiger partial charge < -0.3 is 10.5 Å². The van der Waals surface area contributed by atoms with Crippen LogP contribution in [0.25, 0.3) is 0 Å². The molecule has 2 N–H and O–H groups in total. The molecule has 0 heterocycles. The van der Waals surface area contributed by atoms with Crippen molar-refractivity contribution in [1.82, 2.24) is 0 Å². The van der Waals surface area contributed by atoms with Crippen molar-refractivity contribution in [2.45, 2.75) is 6.92 Å². The number of carbonyl (C=O) groups excluding carboxylic acids is 1. The van der Waals surface area contributed by atoms with E-state index in [9.17, 15) is 13.2 Å². The molecule has 1 aromatic carbocycles. The van der Waals surface area contributed by atoms with Gasteiger partial charge in [0.15, 0.2) is 5.75 Å². The minimum Gasteiger partial charge on any atom is -0.465 e. The quantitative estimate of drug-likeness (QED) is 0.612. The largest absolute Gasteiger partial charge is 0.465 e. The third-order valence-corrected chi connectivity index (χ3v) is 4.42. The first-order valence-electron chi connectivity index (χ1n) is 5.80. The molecule has 20 heavy (non-hydrogen) atoms. The average Bonchev–Trinajstić information content (AvgIpc) is 2.37. The molecule has 0 aromatic heterocycles. The van der Waals surface area contributed by atoms with Crippen molar-refractivity contribution in [1.29, 1.82) is 0 Å². The Bertz CT molecular complexity index is 596. The fourth-order valence-electron chi connectivity index (χ4n) is 1.44. The van der Waals surface area contributed by atoms with Gasteiger partial charge in [-0.2, -0.15) is 0 Å². The topological polar surface area (TPSA) is 89.7 Å². The number of benzene rings is 1. The maximum absolute atomic E-state index is 12.0. The van der Waals surface area contributed by atoms with Gasteiger partial charge in [-0.3, -0.25) is 9.10 Å². The Kier molecular flexibility index (Phi) is 5.46. The van der Waals surface area contributed by atoms with Crippen LogP contribution in [0.4, 0.5) is 5.69 Å². The number of ether oxygens (including phenoxy) is 1. The highest BCUT2D eigenvalue weighted by Gasteiger charge is 2.23. The lowest BCUT2D eigenvalue weighted by Gasteiger charge is -2.19. The molecule has 0 amide bonds. The van der Waals surface area contributed by atoms with Gasteiger partial charge in [0.25, 0.3) is 0 Å².